The fourth-order valence-corrected chi connectivity index (χ4v) is 2.65. The van der Waals surface area contributed by atoms with Crippen molar-refractivity contribution in [2.75, 3.05) is 0 Å². The molecule has 1 heterocycles. The van der Waals surface area contributed by atoms with E-state index in [1.54, 1.807) is 0 Å². The van der Waals surface area contributed by atoms with E-state index < -0.39 is 0 Å². The lowest BCUT2D eigenvalue weighted by Crippen LogP contribution is -2.31. The Kier molecular flexibility index (Phi) is 4.55. The van der Waals surface area contributed by atoms with Gasteiger partial charge in [0.05, 0.1) is 5.69 Å². The molecule has 2 aromatic rings. The zero-order valence-electron chi connectivity index (χ0n) is 12.4. The first-order valence-electron chi connectivity index (χ1n) is 6.90. The quantitative estimate of drug-likeness (QED) is 0.904. The normalized spacial score (nSPS) is 14.2. The number of halogens is 1. The predicted molar refractivity (Wildman–Crippen MR) is 77.1 cm³/mol. The lowest BCUT2D eigenvalue weighted by Gasteiger charge is -2.20. The molecule has 0 aliphatic carbocycles. The third-order valence-corrected chi connectivity index (χ3v) is 3.51. The van der Waals surface area contributed by atoms with Crippen LogP contribution in [0.4, 0.5) is 4.39 Å². The molecule has 0 spiro atoms. The molecule has 4 heteroatoms. The third-order valence-electron chi connectivity index (χ3n) is 3.51. The lowest BCUT2D eigenvalue weighted by atomic mass is 10.0. The van der Waals surface area contributed by atoms with Crippen LogP contribution in [-0.2, 0) is 6.42 Å². The minimum Gasteiger partial charge on any atom is -0.361 e. The summed E-state index contributed by atoms with van der Waals surface area (Å²) in [5.41, 5.74) is 3.17. The average molecular weight is 276 g/mol. The van der Waals surface area contributed by atoms with Gasteiger partial charge in [-0.3, -0.25) is 0 Å². The number of nitrogens with one attached hydrogen (secondary N) is 1. The van der Waals surface area contributed by atoms with Crippen LogP contribution in [0.15, 0.2) is 28.8 Å². The van der Waals surface area contributed by atoms with Crippen LogP contribution in [0, 0.1) is 19.7 Å². The summed E-state index contributed by atoms with van der Waals surface area (Å²) >= 11 is 0. The van der Waals surface area contributed by atoms with Crippen molar-refractivity contribution in [2.45, 2.75) is 46.2 Å². The van der Waals surface area contributed by atoms with Gasteiger partial charge in [0.25, 0.3) is 0 Å². The maximum atomic E-state index is 12.9. The van der Waals surface area contributed by atoms with Crippen LogP contribution < -0.4 is 5.32 Å². The molecule has 0 bridgehead atoms. The molecule has 108 valence electrons. The van der Waals surface area contributed by atoms with Gasteiger partial charge in [-0.05, 0) is 51.8 Å². The van der Waals surface area contributed by atoms with Gasteiger partial charge in [-0.15, -0.1) is 0 Å². The van der Waals surface area contributed by atoms with E-state index in [2.05, 4.69) is 24.3 Å². The molecule has 20 heavy (non-hydrogen) atoms. The van der Waals surface area contributed by atoms with Crippen molar-refractivity contribution < 1.29 is 8.91 Å². The van der Waals surface area contributed by atoms with Crippen molar-refractivity contribution in [3.05, 3.63) is 52.7 Å². The van der Waals surface area contributed by atoms with Crippen LogP contribution in [0.1, 0.15) is 42.5 Å². The molecule has 0 radical (unpaired) electrons. The molecule has 1 aromatic carbocycles. The molecule has 2 rings (SSSR count). The molecule has 3 nitrogen and oxygen atoms in total. The molecule has 0 saturated heterocycles. The highest BCUT2D eigenvalue weighted by molar-refractivity contribution is 5.24. The van der Waals surface area contributed by atoms with Crippen LogP contribution >= 0.6 is 0 Å². The first-order chi connectivity index (χ1) is 9.47. The van der Waals surface area contributed by atoms with Crippen molar-refractivity contribution in [3.63, 3.8) is 0 Å². The van der Waals surface area contributed by atoms with E-state index >= 15 is 0 Å². The standard InChI is InChI=1S/C16H21FN2O/c1-10(9-14-5-7-15(17)8-6-14)18-11(2)16-12(3)19-20-13(16)4/h5-8,10-11,18H,9H2,1-4H3. The molecule has 1 N–H and O–H groups in total. The number of hydrogen-bond acceptors (Lipinski definition) is 3. The van der Waals surface area contributed by atoms with Crippen LogP contribution in [0.2, 0.25) is 0 Å². The Balaban J connectivity index is 1.97. The Morgan fingerprint density at radius 1 is 1.20 bits per heavy atom. The van der Waals surface area contributed by atoms with Crippen LogP contribution in [0.5, 0.6) is 0 Å². The number of rotatable bonds is 5. The fraction of sp³-hybridized carbons (Fsp3) is 0.438. The highest BCUT2D eigenvalue weighted by Gasteiger charge is 2.18. The number of benzene rings is 1. The van der Waals surface area contributed by atoms with Gasteiger partial charge in [-0.1, -0.05) is 17.3 Å². The maximum Gasteiger partial charge on any atom is 0.138 e. The highest BCUT2D eigenvalue weighted by Crippen LogP contribution is 2.21. The second kappa shape index (κ2) is 6.18. The highest BCUT2D eigenvalue weighted by atomic mass is 19.1. The summed E-state index contributed by atoms with van der Waals surface area (Å²) in [6, 6.07) is 7.11. The Morgan fingerprint density at radius 2 is 1.85 bits per heavy atom. The minimum atomic E-state index is -0.196. The second-order valence-electron chi connectivity index (χ2n) is 5.36. The first kappa shape index (κ1) is 14.7. The molecular formula is C16H21FN2O. The number of hydrogen-bond donors (Lipinski definition) is 1. The van der Waals surface area contributed by atoms with Crippen molar-refractivity contribution in [2.24, 2.45) is 0 Å². The number of aromatic nitrogens is 1. The predicted octanol–water partition coefficient (Wildman–Crippen LogP) is 3.71. The molecule has 2 unspecified atom stereocenters. The topological polar surface area (TPSA) is 38.1 Å². The van der Waals surface area contributed by atoms with Gasteiger partial charge in [0, 0.05) is 17.6 Å². The Bertz CT molecular complexity index is 543. The second-order valence-corrected chi connectivity index (χ2v) is 5.36. The maximum absolute atomic E-state index is 12.9. The van der Waals surface area contributed by atoms with Crippen molar-refractivity contribution >= 4 is 0 Å². The van der Waals surface area contributed by atoms with Crippen molar-refractivity contribution in [1.29, 1.82) is 0 Å². The zero-order chi connectivity index (χ0) is 14.7. The molecular weight excluding hydrogens is 255 g/mol. The van der Waals surface area contributed by atoms with Crippen LogP contribution in [0.3, 0.4) is 0 Å². The SMILES string of the molecule is Cc1noc(C)c1C(C)NC(C)Cc1ccc(F)cc1. The molecule has 0 amide bonds. The first-order valence-corrected chi connectivity index (χ1v) is 6.90. The van der Waals surface area contributed by atoms with Crippen LogP contribution in [0.25, 0.3) is 0 Å². The van der Waals surface area contributed by atoms with Gasteiger partial charge in [-0.2, -0.15) is 0 Å². The Morgan fingerprint density at radius 3 is 2.40 bits per heavy atom. The summed E-state index contributed by atoms with van der Waals surface area (Å²) in [5, 5.41) is 7.51. The minimum absolute atomic E-state index is 0.177. The van der Waals surface area contributed by atoms with Crippen molar-refractivity contribution in [1.82, 2.24) is 10.5 Å². The zero-order valence-corrected chi connectivity index (χ0v) is 12.4. The molecule has 0 fully saturated rings. The monoisotopic (exact) mass is 276 g/mol. The van der Waals surface area contributed by atoms with Gasteiger partial charge in [0.15, 0.2) is 0 Å². The average Bonchev–Trinajstić information content (AvgIpc) is 2.72. The summed E-state index contributed by atoms with van der Waals surface area (Å²) in [4.78, 5) is 0. The van der Waals surface area contributed by atoms with E-state index in [4.69, 9.17) is 4.52 Å². The van der Waals surface area contributed by atoms with E-state index in [1.807, 2.05) is 26.0 Å². The van der Waals surface area contributed by atoms with Gasteiger partial charge in [0.2, 0.25) is 0 Å². The Hall–Kier alpha value is -1.68. The third kappa shape index (κ3) is 3.45. The van der Waals surface area contributed by atoms with E-state index in [-0.39, 0.29) is 17.9 Å². The van der Waals surface area contributed by atoms with Gasteiger partial charge < -0.3 is 9.84 Å². The fourth-order valence-electron chi connectivity index (χ4n) is 2.65. The smallest absolute Gasteiger partial charge is 0.138 e. The van der Waals surface area contributed by atoms with Gasteiger partial charge >= 0.3 is 0 Å². The largest absolute Gasteiger partial charge is 0.361 e. The molecule has 0 aliphatic heterocycles. The van der Waals surface area contributed by atoms with E-state index in [0.717, 1.165) is 29.0 Å². The van der Waals surface area contributed by atoms with Gasteiger partial charge in [0.1, 0.15) is 11.6 Å². The van der Waals surface area contributed by atoms with E-state index in [0.29, 0.717) is 0 Å². The molecule has 2 atom stereocenters. The molecule has 0 aliphatic rings. The Labute approximate surface area is 119 Å². The summed E-state index contributed by atoms with van der Waals surface area (Å²) in [6.45, 7) is 8.11. The lowest BCUT2D eigenvalue weighted by molar-refractivity contribution is 0.389. The molecule has 0 saturated carbocycles. The van der Waals surface area contributed by atoms with Crippen LogP contribution in [-0.4, -0.2) is 11.2 Å². The van der Waals surface area contributed by atoms with Crippen molar-refractivity contribution in [3.8, 4) is 0 Å². The summed E-state index contributed by atoms with van der Waals surface area (Å²) < 4.78 is 18.1. The number of aryl methyl sites for hydroxylation is 2. The van der Waals surface area contributed by atoms with E-state index in [1.165, 1.54) is 12.1 Å². The molecule has 1 aromatic heterocycles. The summed E-state index contributed by atoms with van der Waals surface area (Å²) in [6.07, 6.45) is 0.855. The number of nitrogens with zero attached hydrogens (tertiary/aromatic N) is 1. The summed E-state index contributed by atoms with van der Waals surface area (Å²) in [5.74, 6) is 0.662. The van der Waals surface area contributed by atoms with Gasteiger partial charge in [-0.25, -0.2) is 4.39 Å². The van der Waals surface area contributed by atoms with E-state index in [9.17, 15) is 4.39 Å². The summed E-state index contributed by atoms with van der Waals surface area (Å²) in [7, 11) is 0.